The highest BCUT2D eigenvalue weighted by Gasteiger charge is 2.16. The molecule has 0 aliphatic carbocycles. The zero-order chi connectivity index (χ0) is 20.3. The minimum atomic E-state index is -0.533. The lowest BCUT2D eigenvalue weighted by molar-refractivity contribution is -0.135. The smallest absolute Gasteiger partial charge is 0.262 e. The fourth-order valence-corrected chi connectivity index (χ4v) is 3.04. The molecule has 0 bridgehead atoms. The van der Waals surface area contributed by atoms with E-state index in [4.69, 9.17) is 4.74 Å². The number of rotatable bonds is 5. The average molecular weight is 376 g/mol. The van der Waals surface area contributed by atoms with E-state index >= 15 is 0 Å². The minimum Gasteiger partial charge on any atom is -0.481 e. The van der Waals surface area contributed by atoms with Crippen molar-refractivity contribution in [1.82, 2.24) is 4.90 Å². The van der Waals surface area contributed by atoms with E-state index in [2.05, 4.69) is 11.4 Å². The van der Waals surface area contributed by atoms with Gasteiger partial charge in [-0.3, -0.25) is 9.59 Å². The standard InChI is InChI=1S/C23H24N2O3/c1-15(23(27)25(3)4)28-22-12-9-19-13-18(5-6-20(19)14-22)17-7-10-21(11-8-17)24-16(2)26/h5-15H,1-4H3,(H,24,26). The molecule has 1 unspecified atom stereocenters. The molecule has 0 aliphatic rings. The van der Waals surface area contributed by atoms with Gasteiger partial charge in [-0.05, 0) is 59.2 Å². The van der Waals surface area contributed by atoms with Gasteiger partial charge < -0.3 is 15.0 Å². The molecule has 0 aromatic heterocycles. The number of amides is 2. The van der Waals surface area contributed by atoms with Crippen LogP contribution < -0.4 is 10.1 Å². The summed E-state index contributed by atoms with van der Waals surface area (Å²) >= 11 is 0. The average Bonchev–Trinajstić information content (AvgIpc) is 2.67. The van der Waals surface area contributed by atoms with Crippen LogP contribution in [-0.4, -0.2) is 36.9 Å². The van der Waals surface area contributed by atoms with Gasteiger partial charge in [0.1, 0.15) is 5.75 Å². The summed E-state index contributed by atoms with van der Waals surface area (Å²) in [5, 5.41) is 4.90. The van der Waals surface area contributed by atoms with Crippen LogP contribution in [0.1, 0.15) is 13.8 Å². The third-order valence-corrected chi connectivity index (χ3v) is 4.45. The molecule has 0 spiro atoms. The highest BCUT2D eigenvalue weighted by molar-refractivity contribution is 5.90. The highest BCUT2D eigenvalue weighted by atomic mass is 16.5. The summed E-state index contributed by atoms with van der Waals surface area (Å²) < 4.78 is 5.78. The number of nitrogens with zero attached hydrogens (tertiary/aromatic N) is 1. The van der Waals surface area contributed by atoms with Crippen LogP contribution in [0, 0.1) is 0 Å². The van der Waals surface area contributed by atoms with Gasteiger partial charge in [-0.1, -0.05) is 30.3 Å². The number of hydrogen-bond donors (Lipinski definition) is 1. The Hall–Kier alpha value is -3.34. The molecule has 0 heterocycles. The molecule has 0 saturated carbocycles. The zero-order valence-electron chi connectivity index (χ0n) is 16.5. The number of carbonyl (C=O) groups excluding carboxylic acids is 2. The van der Waals surface area contributed by atoms with Crippen molar-refractivity contribution in [3.05, 3.63) is 60.7 Å². The quantitative estimate of drug-likeness (QED) is 0.721. The maximum absolute atomic E-state index is 12.0. The summed E-state index contributed by atoms with van der Waals surface area (Å²) in [6.45, 7) is 3.24. The maximum Gasteiger partial charge on any atom is 0.262 e. The van der Waals surface area contributed by atoms with Crippen LogP contribution in [0.2, 0.25) is 0 Å². The van der Waals surface area contributed by atoms with Gasteiger partial charge in [0.05, 0.1) is 0 Å². The van der Waals surface area contributed by atoms with Crippen LogP contribution in [0.4, 0.5) is 5.69 Å². The number of hydrogen-bond acceptors (Lipinski definition) is 3. The van der Waals surface area contributed by atoms with E-state index in [1.807, 2.05) is 54.6 Å². The van der Waals surface area contributed by atoms with Crippen molar-refractivity contribution in [2.45, 2.75) is 20.0 Å². The fraction of sp³-hybridized carbons (Fsp3) is 0.217. The van der Waals surface area contributed by atoms with Crippen LogP contribution in [0.25, 0.3) is 21.9 Å². The van der Waals surface area contributed by atoms with Gasteiger partial charge in [-0.25, -0.2) is 0 Å². The molecule has 2 amide bonds. The van der Waals surface area contributed by atoms with E-state index in [0.29, 0.717) is 5.75 Å². The number of ether oxygens (including phenoxy) is 1. The topological polar surface area (TPSA) is 58.6 Å². The van der Waals surface area contributed by atoms with E-state index in [0.717, 1.165) is 27.6 Å². The fourth-order valence-electron chi connectivity index (χ4n) is 3.04. The monoisotopic (exact) mass is 376 g/mol. The first-order valence-electron chi connectivity index (χ1n) is 9.13. The first-order chi connectivity index (χ1) is 13.3. The molecular formula is C23H24N2O3. The molecule has 5 nitrogen and oxygen atoms in total. The Balaban J connectivity index is 1.81. The molecule has 3 aromatic rings. The van der Waals surface area contributed by atoms with Crippen molar-refractivity contribution in [1.29, 1.82) is 0 Å². The Kier molecular flexibility index (Phi) is 5.64. The Morgan fingerprint density at radius 3 is 2.14 bits per heavy atom. The first kappa shape index (κ1) is 19.4. The lowest BCUT2D eigenvalue weighted by Crippen LogP contribution is -2.35. The van der Waals surface area contributed by atoms with Gasteiger partial charge in [-0.2, -0.15) is 0 Å². The number of benzene rings is 3. The molecule has 0 aliphatic heterocycles. The van der Waals surface area contributed by atoms with Gasteiger partial charge >= 0.3 is 0 Å². The molecule has 5 heteroatoms. The predicted molar refractivity (Wildman–Crippen MR) is 112 cm³/mol. The minimum absolute atomic E-state index is 0.0712. The lowest BCUT2D eigenvalue weighted by Gasteiger charge is -2.18. The van der Waals surface area contributed by atoms with Crippen LogP contribution in [-0.2, 0) is 9.59 Å². The zero-order valence-corrected chi connectivity index (χ0v) is 16.5. The third-order valence-electron chi connectivity index (χ3n) is 4.45. The largest absolute Gasteiger partial charge is 0.481 e. The molecule has 28 heavy (non-hydrogen) atoms. The molecule has 1 atom stereocenters. The van der Waals surface area contributed by atoms with Gasteiger partial charge in [-0.15, -0.1) is 0 Å². The van der Waals surface area contributed by atoms with Gasteiger partial charge in [0, 0.05) is 26.7 Å². The summed E-state index contributed by atoms with van der Waals surface area (Å²) in [6, 6.07) is 19.8. The summed E-state index contributed by atoms with van der Waals surface area (Å²) in [5.74, 6) is 0.513. The molecule has 0 radical (unpaired) electrons. The van der Waals surface area contributed by atoms with Gasteiger partial charge in [0.15, 0.2) is 6.10 Å². The second kappa shape index (κ2) is 8.13. The van der Waals surface area contributed by atoms with Crippen LogP contribution in [0.3, 0.4) is 0 Å². The molecule has 0 saturated heterocycles. The van der Waals surface area contributed by atoms with Gasteiger partial charge in [0.2, 0.25) is 5.91 Å². The van der Waals surface area contributed by atoms with E-state index in [1.165, 1.54) is 11.8 Å². The second-order valence-electron chi connectivity index (χ2n) is 6.98. The van der Waals surface area contributed by atoms with E-state index in [-0.39, 0.29) is 11.8 Å². The normalized spacial score (nSPS) is 11.7. The number of fused-ring (bicyclic) bond motifs is 1. The molecule has 1 N–H and O–H groups in total. The number of nitrogens with one attached hydrogen (secondary N) is 1. The molecule has 3 aromatic carbocycles. The Morgan fingerprint density at radius 2 is 1.50 bits per heavy atom. The molecule has 144 valence electrons. The lowest BCUT2D eigenvalue weighted by atomic mass is 10.0. The number of carbonyl (C=O) groups is 2. The van der Waals surface area contributed by atoms with Crippen molar-refractivity contribution < 1.29 is 14.3 Å². The summed E-state index contributed by atoms with van der Waals surface area (Å²) in [5.41, 5.74) is 2.94. The predicted octanol–water partition coefficient (Wildman–Crippen LogP) is 4.32. The third kappa shape index (κ3) is 4.49. The van der Waals surface area contributed by atoms with Crippen molar-refractivity contribution in [3.8, 4) is 16.9 Å². The van der Waals surface area contributed by atoms with Crippen molar-refractivity contribution in [2.75, 3.05) is 19.4 Å². The van der Waals surface area contributed by atoms with Crippen LogP contribution in [0.15, 0.2) is 60.7 Å². The molecular weight excluding hydrogens is 352 g/mol. The first-order valence-corrected chi connectivity index (χ1v) is 9.13. The summed E-state index contributed by atoms with van der Waals surface area (Å²) in [6.07, 6.45) is -0.533. The van der Waals surface area contributed by atoms with Crippen molar-refractivity contribution in [2.24, 2.45) is 0 Å². The van der Waals surface area contributed by atoms with Crippen LogP contribution in [0.5, 0.6) is 5.75 Å². The van der Waals surface area contributed by atoms with Crippen molar-refractivity contribution >= 4 is 28.3 Å². The number of likely N-dealkylation sites (N-methyl/N-ethyl adjacent to an activating group) is 1. The maximum atomic E-state index is 12.0. The molecule has 3 rings (SSSR count). The van der Waals surface area contributed by atoms with Crippen molar-refractivity contribution in [3.63, 3.8) is 0 Å². The highest BCUT2D eigenvalue weighted by Crippen LogP contribution is 2.28. The Labute approximate surface area is 164 Å². The van der Waals surface area contributed by atoms with Gasteiger partial charge in [0.25, 0.3) is 5.91 Å². The van der Waals surface area contributed by atoms with E-state index in [1.54, 1.807) is 21.0 Å². The van der Waals surface area contributed by atoms with Crippen LogP contribution >= 0.6 is 0 Å². The van der Waals surface area contributed by atoms with E-state index in [9.17, 15) is 9.59 Å². The van der Waals surface area contributed by atoms with E-state index < -0.39 is 6.10 Å². The summed E-state index contributed by atoms with van der Waals surface area (Å²) in [4.78, 5) is 24.6. The number of anilines is 1. The SMILES string of the molecule is CC(=O)Nc1ccc(-c2ccc3cc(OC(C)C(=O)N(C)C)ccc3c2)cc1. The summed E-state index contributed by atoms with van der Waals surface area (Å²) in [7, 11) is 3.43. The molecule has 0 fully saturated rings. The second-order valence-corrected chi connectivity index (χ2v) is 6.98. The Morgan fingerprint density at radius 1 is 0.893 bits per heavy atom. The Bertz CT molecular complexity index is 1010.